The summed E-state index contributed by atoms with van der Waals surface area (Å²) in [6.07, 6.45) is 5.22. The first-order chi connectivity index (χ1) is 17.1. The number of nitrogens with zero attached hydrogens (tertiary/aromatic N) is 3. The molecule has 0 spiro atoms. The summed E-state index contributed by atoms with van der Waals surface area (Å²) in [6, 6.07) is 12.7. The highest BCUT2D eigenvalue weighted by Crippen LogP contribution is 2.25. The number of amides is 1. The Morgan fingerprint density at radius 3 is 2.56 bits per heavy atom. The van der Waals surface area contributed by atoms with Crippen molar-refractivity contribution in [1.29, 1.82) is 0 Å². The molecular weight excluding hydrogens is 478 g/mol. The summed E-state index contributed by atoms with van der Waals surface area (Å²) in [4.78, 5) is 19.4. The molecule has 1 aliphatic rings. The molecule has 1 aliphatic heterocycles. The number of carbonyl (C=O) groups excluding carboxylic acids is 1. The van der Waals surface area contributed by atoms with Gasteiger partial charge in [0.05, 0.1) is 49.6 Å². The molecule has 3 aromatic rings. The van der Waals surface area contributed by atoms with Crippen molar-refractivity contribution in [1.82, 2.24) is 14.5 Å². The highest BCUT2D eigenvalue weighted by molar-refractivity contribution is 7.90. The van der Waals surface area contributed by atoms with Crippen LogP contribution in [0, 0.1) is 5.41 Å². The Bertz CT molecular complexity index is 1240. The number of hydrogen-bond acceptors (Lipinski definition) is 6. The van der Waals surface area contributed by atoms with Gasteiger partial charge >= 0.3 is 0 Å². The van der Waals surface area contributed by atoms with Crippen LogP contribution >= 0.6 is 0 Å². The van der Waals surface area contributed by atoms with Crippen LogP contribution < -0.4 is 0 Å². The molecule has 0 radical (unpaired) electrons. The van der Waals surface area contributed by atoms with Crippen molar-refractivity contribution in [2.45, 2.75) is 76.7 Å². The van der Waals surface area contributed by atoms with E-state index in [1.807, 2.05) is 45.0 Å². The van der Waals surface area contributed by atoms with E-state index in [4.69, 9.17) is 9.15 Å². The second-order valence-corrected chi connectivity index (χ2v) is 12.5. The van der Waals surface area contributed by atoms with Gasteiger partial charge in [0.25, 0.3) is 0 Å². The number of sulfone groups is 1. The fourth-order valence-electron chi connectivity index (χ4n) is 4.40. The van der Waals surface area contributed by atoms with Crippen molar-refractivity contribution >= 4 is 15.7 Å². The van der Waals surface area contributed by atoms with Crippen molar-refractivity contribution in [3.8, 4) is 0 Å². The SMILES string of the molecule is CC(C)(C)CC(=O)N(Cc1ccco1)Cc1cnc(S(=O)(=O)Cc2ccccc2)n1C[C@H]1CCCO1. The molecule has 0 saturated carbocycles. The van der Waals surface area contributed by atoms with Gasteiger partial charge in [-0.25, -0.2) is 13.4 Å². The van der Waals surface area contributed by atoms with E-state index in [1.165, 1.54) is 0 Å². The summed E-state index contributed by atoms with van der Waals surface area (Å²) in [5.74, 6) is 0.492. The van der Waals surface area contributed by atoms with E-state index >= 15 is 0 Å². The topological polar surface area (TPSA) is 94.6 Å². The lowest BCUT2D eigenvalue weighted by Crippen LogP contribution is -2.34. The molecule has 8 nitrogen and oxygen atoms in total. The van der Waals surface area contributed by atoms with Crippen molar-refractivity contribution in [3.63, 3.8) is 0 Å². The molecule has 1 saturated heterocycles. The zero-order valence-electron chi connectivity index (χ0n) is 21.2. The predicted octanol–water partition coefficient (Wildman–Crippen LogP) is 4.59. The van der Waals surface area contributed by atoms with Gasteiger partial charge in [-0.1, -0.05) is 51.1 Å². The molecule has 4 rings (SSSR count). The molecular formula is C27H35N3O5S. The number of hydrogen-bond donors (Lipinski definition) is 0. The summed E-state index contributed by atoms with van der Waals surface area (Å²) < 4.78 is 40.0. The van der Waals surface area contributed by atoms with Crippen molar-refractivity contribution in [2.24, 2.45) is 5.41 Å². The second-order valence-electron chi connectivity index (χ2n) is 10.6. The van der Waals surface area contributed by atoms with Crippen LogP contribution in [0.4, 0.5) is 0 Å². The molecule has 194 valence electrons. The Hall–Kier alpha value is -2.91. The molecule has 1 amide bonds. The van der Waals surface area contributed by atoms with Crippen molar-refractivity contribution < 1.29 is 22.4 Å². The number of rotatable bonds is 10. The quantitative estimate of drug-likeness (QED) is 0.393. The first kappa shape index (κ1) is 26.2. The summed E-state index contributed by atoms with van der Waals surface area (Å²) in [6.45, 7) is 7.61. The van der Waals surface area contributed by atoms with Gasteiger partial charge in [0.2, 0.25) is 20.9 Å². The highest BCUT2D eigenvalue weighted by atomic mass is 32.2. The van der Waals surface area contributed by atoms with Gasteiger partial charge in [-0.2, -0.15) is 0 Å². The average molecular weight is 514 g/mol. The van der Waals surface area contributed by atoms with Crippen LogP contribution in [0.1, 0.15) is 57.1 Å². The molecule has 1 aromatic carbocycles. The van der Waals surface area contributed by atoms with Gasteiger partial charge in [-0.15, -0.1) is 0 Å². The predicted molar refractivity (Wildman–Crippen MR) is 136 cm³/mol. The van der Waals surface area contributed by atoms with E-state index in [2.05, 4.69) is 4.98 Å². The van der Waals surface area contributed by atoms with Crippen molar-refractivity contribution in [2.75, 3.05) is 6.61 Å². The van der Waals surface area contributed by atoms with Gasteiger partial charge in [-0.3, -0.25) is 4.79 Å². The van der Waals surface area contributed by atoms with E-state index in [1.54, 1.807) is 40.1 Å². The lowest BCUT2D eigenvalue weighted by molar-refractivity contribution is -0.134. The third-order valence-corrected chi connectivity index (χ3v) is 7.70. The van der Waals surface area contributed by atoms with Gasteiger partial charge in [0.1, 0.15) is 5.76 Å². The van der Waals surface area contributed by atoms with Gasteiger partial charge in [-0.05, 0) is 36.0 Å². The van der Waals surface area contributed by atoms with Crippen LogP contribution in [0.15, 0.2) is 64.5 Å². The lowest BCUT2D eigenvalue weighted by atomic mass is 9.91. The molecule has 1 fully saturated rings. The molecule has 0 unspecified atom stereocenters. The minimum absolute atomic E-state index is 0.0121. The summed E-state index contributed by atoms with van der Waals surface area (Å²) in [5.41, 5.74) is 1.16. The maximum atomic E-state index is 13.5. The fourth-order valence-corrected chi connectivity index (χ4v) is 5.90. The van der Waals surface area contributed by atoms with E-state index in [9.17, 15) is 13.2 Å². The minimum atomic E-state index is -3.73. The second kappa shape index (κ2) is 11.0. The number of imidazole rings is 1. The Labute approximate surface area is 213 Å². The lowest BCUT2D eigenvalue weighted by Gasteiger charge is -2.27. The first-order valence-electron chi connectivity index (χ1n) is 12.3. The molecule has 0 bridgehead atoms. The highest BCUT2D eigenvalue weighted by Gasteiger charge is 2.29. The minimum Gasteiger partial charge on any atom is -0.467 e. The third-order valence-electron chi connectivity index (χ3n) is 6.10. The average Bonchev–Trinajstić information content (AvgIpc) is 3.56. The van der Waals surface area contributed by atoms with E-state index < -0.39 is 9.84 Å². The zero-order valence-corrected chi connectivity index (χ0v) is 22.0. The van der Waals surface area contributed by atoms with Crippen molar-refractivity contribution in [3.05, 3.63) is 71.9 Å². The van der Waals surface area contributed by atoms with Crippen LogP contribution in [0.25, 0.3) is 0 Å². The molecule has 1 atom stereocenters. The number of aromatic nitrogens is 2. The molecule has 2 aromatic heterocycles. The van der Waals surface area contributed by atoms with Gasteiger partial charge < -0.3 is 18.6 Å². The van der Waals surface area contributed by atoms with E-state index in [-0.39, 0.29) is 34.9 Å². The maximum absolute atomic E-state index is 13.5. The molecule has 0 N–H and O–H groups in total. The molecule has 3 heterocycles. The Balaban J connectivity index is 1.66. The van der Waals surface area contributed by atoms with E-state index in [0.29, 0.717) is 43.1 Å². The fraction of sp³-hybridized carbons (Fsp3) is 0.481. The molecule has 0 aliphatic carbocycles. The molecule has 36 heavy (non-hydrogen) atoms. The van der Waals surface area contributed by atoms with Gasteiger partial charge in [0.15, 0.2) is 0 Å². The largest absolute Gasteiger partial charge is 0.467 e. The number of carbonyl (C=O) groups is 1. The molecule has 9 heteroatoms. The monoisotopic (exact) mass is 513 g/mol. The summed E-state index contributed by atoms with van der Waals surface area (Å²) >= 11 is 0. The smallest absolute Gasteiger partial charge is 0.228 e. The van der Waals surface area contributed by atoms with E-state index in [0.717, 1.165) is 12.8 Å². The normalized spacial score (nSPS) is 16.4. The number of ether oxygens (including phenoxy) is 1. The number of furan rings is 1. The van der Waals surface area contributed by atoms with Crippen LogP contribution in [-0.2, 0) is 44.8 Å². The number of benzene rings is 1. The first-order valence-corrected chi connectivity index (χ1v) is 14.0. The Morgan fingerprint density at radius 1 is 1.14 bits per heavy atom. The van der Waals surface area contributed by atoms with Crippen LogP contribution in [0.2, 0.25) is 0 Å². The van der Waals surface area contributed by atoms with Crippen LogP contribution in [0.3, 0.4) is 0 Å². The Morgan fingerprint density at radius 2 is 1.92 bits per heavy atom. The summed E-state index contributed by atoms with van der Waals surface area (Å²) in [5, 5.41) is 0.0121. The van der Waals surface area contributed by atoms with Crippen LogP contribution in [0.5, 0.6) is 0 Å². The van der Waals surface area contributed by atoms with Crippen LogP contribution in [-0.4, -0.2) is 41.5 Å². The summed E-state index contributed by atoms with van der Waals surface area (Å²) in [7, 11) is -3.73. The third kappa shape index (κ3) is 6.85. The standard InChI is InChI=1S/C27H35N3O5S/c1-27(2,3)15-25(31)29(18-23-11-7-13-34-23)17-22-16-28-26(30(22)19-24-12-8-14-35-24)36(32,33)20-21-9-5-4-6-10-21/h4-7,9-11,13,16,24H,8,12,14-15,17-20H2,1-3H3/t24-/m1/s1. The Kier molecular flexibility index (Phi) is 8.00. The van der Waals surface area contributed by atoms with Gasteiger partial charge in [0, 0.05) is 13.0 Å². The zero-order chi connectivity index (χ0) is 25.8. The maximum Gasteiger partial charge on any atom is 0.228 e.